The van der Waals surface area contributed by atoms with Crippen molar-refractivity contribution in [3.63, 3.8) is 0 Å². The number of piperidine rings is 2. The predicted octanol–water partition coefficient (Wildman–Crippen LogP) is 3.32. The second kappa shape index (κ2) is 10.4. The normalized spacial score (nSPS) is 27.1. The maximum Gasteiger partial charge on any atom is 0.271 e. The summed E-state index contributed by atoms with van der Waals surface area (Å²) in [5.41, 5.74) is 0.552. The van der Waals surface area contributed by atoms with Gasteiger partial charge in [0.25, 0.3) is 11.8 Å². The fraction of sp³-hybridized carbons (Fsp3) is 0.500. The number of amides is 3. The Hall–Kier alpha value is -3.06. The molecule has 0 spiro atoms. The highest BCUT2D eigenvalue weighted by Gasteiger charge is 2.60. The van der Waals surface area contributed by atoms with Crippen LogP contribution in [0, 0.1) is 11.8 Å². The molecule has 1 aromatic carbocycles. The summed E-state index contributed by atoms with van der Waals surface area (Å²) in [5, 5.41) is 4.55. The third kappa shape index (κ3) is 5.32. The SMILES string of the molecule is CS(=O)(=O)/C(F)=C/[C@H](C[C@H]1CCNC1=O)NC(=O)[C@H]1[C@@H]2CC[C@@H](CC2(F)F)N1C(=O)c1cc2cccc(Cl)c2[nH]1. The Kier molecular flexibility index (Phi) is 7.40. The van der Waals surface area contributed by atoms with Crippen molar-refractivity contribution in [3.8, 4) is 0 Å². The van der Waals surface area contributed by atoms with Gasteiger partial charge < -0.3 is 20.5 Å². The molecule has 0 unspecified atom stereocenters. The van der Waals surface area contributed by atoms with E-state index in [-0.39, 0.29) is 30.9 Å². The van der Waals surface area contributed by atoms with E-state index in [4.69, 9.17) is 11.6 Å². The lowest BCUT2D eigenvalue weighted by Crippen LogP contribution is -2.68. The lowest BCUT2D eigenvalue weighted by molar-refractivity contribution is -0.179. The lowest BCUT2D eigenvalue weighted by atomic mass is 9.71. The second-order valence-corrected chi connectivity index (χ2v) is 13.1. The van der Waals surface area contributed by atoms with E-state index in [1.807, 2.05) is 0 Å². The van der Waals surface area contributed by atoms with Crippen LogP contribution in [0.15, 0.2) is 35.5 Å². The van der Waals surface area contributed by atoms with E-state index in [0.29, 0.717) is 41.2 Å². The summed E-state index contributed by atoms with van der Waals surface area (Å²) in [5.74, 6) is -7.37. The Morgan fingerprint density at radius 1 is 1.27 bits per heavy atom. The van der Waals surface area contributed by atoms with Crippen LogP contribution in [0.25, 0.3) is 10.9 Å². The summed E-state index contributed by atoms with van der Waals surface area (Å²) in [4.78, 5) is 43.6. The van der Waals surface area contributed by atoms with Crippen LogP contribution >= 0.6 is 11.6 Å². The molecule has 2 bridgehead atoms. The molecule has 3 aliphatic heterocycles. The van der Waals surface area contributed by atoms with Crippen molar-refractivity contribution in [1.29, 1.82) is 0 Å². The number of nitrogens with one attached hydrogen (secondary N) is 3. The van der Waals surface area contributed by atoms with Gasteiger partial charge in [0.05, 0.1) is 22.5 Å². The summed E-state index contributed by atoms with van der Waals surface area (Å²) in [6.07, 6.45) is 1.19. The van der Waals surface area contributed by atoms with Crippen molar-refractivity contribution in [2.24, 2.45) is 11.8 Å². The maximum atomic E-state index is 15.1. The number of carbonyl (C=O) groups excluding carboxylic acids is 3. The minimum atomic E-state index is -4.27. The number of rotatable bonds is 7. The average Bonchev–Trinajstić information content (AvgIpc) is 3.49. The number of hydrogen-bond donors (Lipinski definition) is 3. The quantitative estimate of drug-likeness (QED) is 0.449. The number of nitrogens with zero attached hydrogens (tertiary/aromatic N) is 1. The molecule has 3 amide bonds. The molecule has 4 heterocycles. The zero-order valence-electron chi connectivity index (χ0n) is 21.4. The number of benzene rings is 1. The highest BCUT2D eigenvalue weighted by molar-refractivity contribution is 7.94. The van der Waals surface area contributed by atoms with E-state index in [2.05, 4.69) is 15.6 Å². The topological polar surface area (TPSA) is 128 Å². The number of para-hydroxylation sites is 1. The summed E-state index contributed by atoms with van der Waals surface area (Å²) in [7, 11) is -4.27. The Bertz CT molecular complexity index is 1510. The van der Waals surface area contributed by atoms with E-state index >= 15 is 8.78 Å². The van der Waals surface area contributed by atoms with Gasteiger partial charge in [0, 0.05) is 36.6 Å². The summed E-state index contributed by atoms with van der Waals surface area (Å²) in [6, 6.07) is 2.74. The Morgan fingerprint density at radius 2 is 2.02 bits per heavy atom. The molecule has 40 heavy (non-hydrogen) atoms. The first-order valence-corrected chi connectivity index (χ1v) is 15.2. The molecule has 1 aromatic heterocycles. The molecule has 1 saturated carbocycles. The van der Waals surface area contributed by atoms with Crippen LogP contribution in [0.1, 0.15) is 42.6 Å². The summed E-state index contributed by atoms with van der Waals surface area (Å²) >= 11 is 6.22. The molecule has 3 saturated heterocycles. The minimum absolute atomic E-state index is 0.0126. The first-order valence-electron chi connectivity index (χ1n) is 12.9. The molecule has 2 aromatic rings. The van der Waals surface area contributed by atoms with Gasteiger partial charge in [-0.2, -0.15) is 4.39 Å². The molecule has 6 rings (SSSR count). The van der Waals surface area contributed by atoms with Gasteiger partial charge in [-0.05, 0) is 43.9 Å². The zero-order chi connectivity index (χ0) is 29.0. The van der Waals surface area contributed by atoms with Gasteiger partial charge in [0.2, 0.25) is 26.8 Å². The summed E-state index contributed by atoms with van der Waals surface area (Å²) in [6.45, 7) is 0.359. The van der Waals surface area contributed by atoms with Crippen molar-refractivity contribution < 1.29 is 36.0 Å². The number of halogens is 4. The first kappa shape index (κ1) is 28.5. The second-order valence-electron chi connectivity index (χ2n) is 10.7. The zero-order valence-corrected chi connectivity index (χ0v) is 23.0. The molecule has 0 radical (unpaired) electrons. The largest absolute Gasteiger partial charge is 0.356 e. The number of H-pyrrole nitrogens is 1. The number of aromatic nitrogens is 1. The highest BCUT2D eigenvalue weighted by Crippen LogP contribution is 2.49. The smallest absolute Gasteiger partial charge is 0.271 e. The van der Waals surface area contributed by atoms with Crippen molar-refractivity contribution in [3.05, 3.63) is 46.2 Å². The van der Waals surface area contributed by atoms with Crippen molar-refractivity contribution >= 4 is 50.1 Å². The fourth-order valence-electron chi connectivity index (χ4n) is 6.07. The van der Waals surface area contributed by atoms with Gasteiger partial charge in [-0.25, -0.2) is 17.2 Å². The number of carbonyl (C=O) groups is 3. The van der Waals surface area contributed by atoms with Crippen LogP contribution in [-0.4, -0.2) is 72.9 Å². The number of alkyl halides is 2. The fourth-order valence-corrected chi connectivity index (χ4v) is 6.71. The Balaban J connectivity index is 1.48. The standard InChI is InChI=1S/C26H28ClF3N4O5S/c1-40(38,39)20(28)11-15(9-14-7-8-31-23(14)35)32-24(36)22-17-6-5-16(12-26(17,29)30)34(22)25(37)19-10-13-3-2-4-18(27)21(13)33-19/h2-4,10-11,14-17,22,33H,5-9,12H2,1H3,(H,31,35)(H,32,36)/b20-11+/t14-,15+,16+,17+,22-/m1/s1. The van der Waals surface area contributed by atoms with Crippen molar-refractivity contribution in [2.45, 2.75) is 56.2 Å². The number of fused-ring (bicyclic) bond motifs is 4. The Morgan fingerprint density at radius 3 is 2.65 bits per heavy atom. The van der Waals surface area contributed by atoms with Gasteiger partial charge in [-0.1, -0.05) is 23.7 Å². The molecular weight excluding hydrogens is 573 g/mol. The van der Waals surface area contributed by atoms with E-state index in [9.17, 15) is 27.2 Å². The molecular formula is C26H28ClF3N4O5S. The van der Waals surface area contributed by atoms with Gasteiger partial charge >= 0.3 is 0 Å². The number of aromatic amines is 1. The van der Waals surface area contributed by atoms with Gasteiger partial charge in [-0.3, -0.25) is 14.4 Å². The lowest BCUT2D eigenvalue weighted by Gasteiger charge is -2.53. The monoisotopic (exact) mass is 600 g/mol. The highest BCUT2D eigenvalue weighted by atomic mass is 35.5. The molecule has 9 nitrogen and oxygen atoms in total. The van der Waals surface area contributed by atoms with Crippen LogP contribution in [-0.2, 0) is 19.4 Å². The van der Waals surface area contributed by atoms with Crippen molar-refractivity contribution in [2.75, 3.05) is 12.8 Å². The van der Waals surface area contributed by atoms with Crippen molar-refractivity contribution in [1.82, 2.24) is 20.5 Å². The van der Waals surface area contributed by atoms with Gasteiger partial charge in [0.1, 0.15) is 11.7 Å². The van der Waals surface area contributed by atoms with Gasteiger partial charge in [0.15, 0.2) is 0 Å². The number of sulfone groups is 1. The summed E-state index contributed by atoms with van der Waals surface area (Å²) < 4.78 is 68.2. The molecule has 3 N–H and O–H groups in total. The molecule has 216 valence electrons. The minimum Gasteiger partial charge on any atom is -0.356 e. The van der Waals surface area contributed by atoms with Crippen LogP contribution < -0.4 is 10.6 Å². The molecule has 4 fully saturated rings. The van der Waals surface area contributed by atoms with E-state index < -0.39 is 69.1 Å². The third-order valence-corrected chi connectivity index (χ3v) is 9.15. The number of hydrogen-bond acceptors (Lipinski definition) is 5. The first-order chi connectivity index (χ1) is 18.8. The van der Waals surface area contributed by atoms with E-state index in [1.165, 1.54) is 6.07 Å². The third-order valence-electron chi connectivity index (χ3n) is 7.99. The molecule has 4 aliphatic rings. The van der Waals surface area contributed by atoms with Crippen LogP contribution in [0.2, 0.25) is 5.02 Å². The van der Waals surface area contributed by atoms with Crippen LogP contribution in [0.4, 0.5) is 13.2 Å². The van der Waals surface area contributed by atoms with Gasteiger partial charge in [-0.15, -0.1) is 0 Å². The average molecular weight is 601 g/mol. The van der Waals surface area contributed by atoms with E-state index in [1.54, 1.807) is 18.2 Å². The predicted molar refractivity (Wildman–Crippen MR) is 141 cm³/mol. The van der Waals surface area contributed by atoms with Crippen LogP contribution in [0.3, 0.4) is 0 Å². The van der Waals surface area contributed by atoms with E-state index in [0.717, 1.165) is 4.90 Å². The molecule has 14 heteroatoms. The maximum absolute atomic E-state index is 15.1. The molecule has 1 aliphatic carbocycles. The van der Waals surface area contributed by atoms with Crippen LogP contribution in [0.5, 0.6) is 0 Å². The molecule has 5 atom stereocenters. The Labute approximate surface area is 233 Å².